The largest absolute Gasteiger partial charge is 0.372 e. The van der Waals surface area contributed by atoms with Gasteiger partial charge in [-0.05, 0) is 56.2 Å². The standard InChI is InChI=1S/C25H27ClN2O2/c1-18-14-24(19(2)28(18)22-10-8-21(26)9-11-22)25(29)16-27-13-12-23(15-27)30-17-20-6-4-3-5-7-20/h3-11,14,23H,12-13,15-17H2,1-2H3. The third kappa shape index (κ3) is 4.67. The minimum atomic E-state index is 0.159. The lowest BCUT2D eigenvalue weighted by Crippen LogP contribution is -2.29. The molecule has 1 fully saturated rings. The first-order chi connectivity index (χ1) is 14.5. The monoisotopic (exact) mass is 422 g/mol. The number of hydrogen-bond donors (Lipinski definition) is 0. The minimum absolute atomic E-state index is 0.159. The van der Waals surface area contributed by atoms with Gasteiger partial charge >= 0.3 is 0 Å². The average molecular weight is 423 g/mol. The second-order valence-corrected chi connectivity index (χ2v) is 8.40. The Kier molecular flexibility index (Phi) is 6.38. The van der Waals surface area contributed by atoms with E-state index in [1.807, 2.05) is 62.4 Å². The molecule has 0 radical (unpaired) electrons. The van der Waals surface area contributed by atoms with E-state index in [1.54, 1.807) is 0 Å². The van der Waals surface area contributed by atoms with Gasteiger partial charge in [-0.3, -0.25) is 9.69 Å². The van der Waals surface area contributed by atoms with Crippen LogP contribution in [0.5, 0.6) is 0 Å². The highest BCUT2D eigenvalue weighted by Crippen LogP contribution is 2.23. The van der Waals surface area contributed by atoms with Gasteiger partial charge in [0.05, 0.1) is 19.3 Å². The Morgan fingerprint density at radius 1 is 1.10 bits per heavy atom. The van der Waals surface area contributed by atoms with Gasteiger partial charge in [-0.25, -0.2) is 0 Å². The number of Topliss-reactive ketones (excluding diaryl/α,β-unsaturated/α-hetero) is 1. The van der Waals surface area contributed by atoms with Gasteiger partial charge < -0.3 is 9.30 Å². The topological polar surface area (TPSA) is 34.5 Å². The molecule has 1 atom stereocenters. The molecule has 0 aliphatic carbocycles. The molecule has 1 aliphatic rings. The number of carbonyl (C=O) groups excluding carboxylic acids is 1. The predicted octanol–water partition coefficient (Wildman–Crippen LogP) is 5.22. The minimum Gasteiger partial charge on any atom is -0.372 e. The molecule has 2 heterocycles. The van der Waals surface area contributed by atoms with E-state index in [0.29, 0.717) is 18.2 Å². The third-order valence-corrected chi connectivity index (χ3v) is 5.99. The van der Waals surface area contributed by atoms with Crippen molar-refractivity contribution in [2.45, 2.75) is 33.0 Å². The normalized spacial score (nSPS) is 16.8. The highest BCUT2D eigenvalue weighted by atomic mass is 35.5. The lowest BCUT2D eigenvalue weighted by Gasteiger charge is -2.16. The molecule has 0 amide bonds. The summed E-state index contributed by atoms with van der Waals surface area (Å²) in [5.41, 5.74) is 5.00. The molecule has 1 saturated heterocycles. The molecule has 0 N–H and O–H groups in total. The smallest absolute Gasteiger partial charge is 0.178 e. The Morgan fingerprint density at radius 2 is 1.83 bits per heavy atom. The van der Waals surface area contributed by atoms with E-state index in [1.165, 1.54) is 5.56 Å². The Bertz CT molecular complexity index is 1010. The summed E-state index contributed by atoms with van der Waals surface area (Å²) in [6.07, 6.45) is 1.14. The molecule has 4 nitrogen and oxygen atoms in total. The fourth-order valence-electron chi connectivity index (χ4n) is 4.19. The molecule has 1 unspecified atom stereocenters. The van der Waals surface area contributed by atoms with E-state index in [9.17, 15) is 4.79 Å². The number of rotatable bonds is 7. The van der Waals surface area contributed by atoms with Gasteiger partial charge in [-0.2, -0.15) is 0 Å². The highest BCUT2D eigenvalue weighted by Gasteiger charge is 2.26. The first kappa shape index (κ1) is 20.9. The molecular weight excluding hydrogens is 396 g/mol. The molecule has 0 spiro atoms. The lowest BCUT2D eigenvalue weighted by atomic mass is 10.1. The van der Waals surface area contributed by atoms with Crippen molar-refractivity contribution in [2.75, 3.05) is 19.6 Å². The number of ether oxygens (including phenoxy) is 1. The number of aromatic nitrogens is 1. The van der Waals surface area contributed by atoms with Crippen molar-refractivity contribution in [3.8, 4) is 5.69 Å². The van der Waals surface area contributed by atoms with Crippen LogP contribution in [0.3, 0.4) is 0 Å². The Morgan fingerprint density at radius 3 is 2.57 bits per heavy atom. The number of nitrogens with zero attached hydrogens (tertiary/aromatic N) is 2. The predicted molar refractivity (Wildman–Crippen MR) is 121 cm³/mol. The van der Waals surface area contributed by atoms with Crippen LogP contribution in [0.15, 0.2) is 60.7 Å². The fraction of sp³-hybridized carbons (Fsp3) is 0.320. The summed E-state index contributed by atoms with van der Waals surface area (Å²) < 4.78 is 8.16. The number of likely N-dealkylation sites (tertiary alicyclic amines) is 1. The summed E-state index contributed by atoms with van der Waals surface area (Å²) in [6, 6.07) is 19.9. The highest BCUT2D eigenvalue weighted by molar-refractivity contribution is 6.30. The number of halogens is 1. The summed E-state index contributed by atoms with van der Waals surface area (Å²) in [4.78, 5) is 15.2. The first-order valence-electron chi connectivity index (χ1n) is 10.4. The molecule has 156 valence electrons. The average Bonchev–Trinajstić information content (AvgIpc) is 3.31. The molecule has 5 heteroatoms. The maximum atomic E-state index is 13.0. The number of ketones is 1. The van der Waals surface area contributed by atoms with Crippen molar-refractivity contribution in [1.29, 1.82) is 0 Å². The van der Waals surface area contributed by atoms with Crippen molar-refractivity contribution >= 4 is 17.4 Å². The maximum Gasteiger partial charge on any atom is 0.178 e. The zero-order chi connectivity index (χ0) is 21.1. The first-order valence-corrected chi connectivity index (χ1v) is 10.7. The summed E-state index contributed by atoms with van der Waals surface area (Å²) in [6.45, 7) is 6.77. The van der Waals surface area contributed by atoms with Gasteiger partial charge in [0.25, 0.3) is 0 Å². The van der Waals surface area contributed by atoms with Crippen molar-refractivity contribution in [3.63, 3.8) is 0 Å². The van der Waals surface area contributed by atoms with Crippen LogP contribution in [0, 0.1) is 13.8 Å². The van der Waals surface area contributed by atoms with Gasteiger partial charge in [0.1, 0.15) is 0 Å². The summed E-state index contributed by atoms with van der Waals surface area (Å²) in [5, 5.41) is 0.704. The summed E-state index contributed by atoms with van der Waals surface area (Å²) >= 11 is 6.02. The Hall–Kier alpha value is -2.40. The van der Waals surface area contributed by atoms with E-state index in [4.69, 9.17) is 16.3 Å². The zero-order valence-electron chi connectivity index (χ0n) is 17.5. The molecule has 0 bridgehead atoms. The molecular formula is C25H27ClN2O2. The summed E-state index contributed by atoms with van der Waals surface area (Å²) in [5.74, 6) is 0.159. The fourth-order valence-corrected chi connectivity index (χ4v) is 4.31. The van der Waals surface area contributed by atoms with Crippen LogP contribution in [-0.2, 0) is 11.3 Å². The molecule has 0 saturated carbocycles. The van der Waals surface area contributed by atoms with Crippen LogP contribution in [0.4, 0.5) is 0 Å². The van der Waals surface area contributed by atoms with Crippen molar-refractivity contribution in [1.82, 2.24) is 9.47 Å². The lowest BCUT2D eigenvalue weighted by molar-refractivity contribution is 0.0464. The van der Waals surface area contributed by atoms with Gasteiger partial charge in [0.2, 0.25) is 0 Å². The van der Waals surface area contributed by atoms with Crippen LogP contribution in [0.1, 0.15) is 33.7 Å². The molecule has 2 aromatic carbocycles. The second-order valence-electron chi connectivity index (χ2n) is 7.96. The van der Waals surface area contributed by atoms with E-state index < -0.39 is 0 Å². The van der Waals surface area contributed by atoms with Crippen LogP contribution >= 0.6 is 11.6 Å². The van der Waals surface area contributed by atoms with Crippen molar-refractivity contribution in [2.24, 2.45) is 0 Å². The third-order valence-electron chi connectivity index (χ3n) is 5.74. The van der Waals surface area contributed by atoms with Crippen LogP contribution in [-0.4, -0.2) is 41.0 Å². The van der Waals surface area contributed by atoms with E-state index in [2.05, 4.69) is 21.6 Å². The molecule has 1 aliphatic heterocycles. The van der Waals surface area contributed by atoms with E-state index in [0.717, 1.165) is 42.1 Å². The van der Waals surface area contributed by atoms with Gasteiger partial charge in [-0.1, -0.05) is 41.9 Å². The molecule has 3 aromatic rings. The van der Waals surface area contributed by atoms with Gasteiger partial charge in [0, 0.05) is 40.8 Å². The van der Waals surface area contributed by atoms with Crippen molar-refractivity contribution in [3.05, 3.63) is 88.2 Å². The van der Waals surface area contributed by atoms with Crippen LogP contribution in [0.2, 0.25) is 5.02 Å². The zero-order valence-corrected chi connectivity index (χ0v) is 18.2. The number of benzene rings is 2. The SMILES string of the molecule is Cc1cc(C(=O)CN2CCC(OCc3ccccc3)C2)c(C)n1-c1ccc(Cl)cc1. The van der Waals surface area contributed by atoms with Crippen molar-refractivity contribution < 1.29 is 9.53 Å². The van der Waals surface area contributed by atoms with Gasteiger partial charge in [0.15, 0.2) is 5.78 Å². The van der Waals surface area contributed by atoms with Gasteiger partial charge in [-0.15, -0.1) is 0 Å². The number of carbonyl (C=O) groups is 1. The number of aryl methyl sites for hydroxylation is 1. The van der Waals surface area contributed by atoms with E-state index >= 15 is 0 Å². The maximum absolute atomic E-state index is 13.0. The van der Waals surface area contributed by atoms with Crippen LogP contribution in [0.25, 0.3) is 5.69 Å². The van der Waals surface area contributed by atoms with Crippen LogP contribution < -0.4 is 0 Å². The van der Waals surface area contributed by atoms with E-state index in [-0.39, 0.29) is 11.9 Å². The quantitative estimate of drug-likeness (QED) is 0.489. The summed E-state index contributed by atoms with van der Waals surface area (Å²) in [7, 11) is 0. The second kappa shape index (κ2) is 9.17. The molecule has 30 heavy (non-hydrogen) atoms. The Balaban J connectivity index is 1.37. The molecule has 4 rings (SSSR count). The molecule has 1 aromatic heterocycles. The Labute approximate surface area is 183 Å². The number of hydrogen-bond acceptors (Lipinski definition) is 3.